The van der Waals surface area contributed by atoms with Gasteiger partial charge in [-0.1, -0.05) is 23.8 Å². The van der Waals surface area contributed by atoms with Crippen molar-refractivity contribution in [1.82, 2.24) is 5.32 Å². The van der Waals surface area contributed by atoms with Gasteiger partial charge in [-0.15, -0.1) is 0 Å². The lowest BCUT2D eigenvalue weighted by Gasteiger charge is -2.38. The van der Waals surface area contributed by atoms with Crippen molar-refractivity contribution in [3.05, 3.63) is 53.1 Å². The molecule has 1 N–H and O–H groups in total. The van der Waals surface area contributed by atoms with Gasteiger partial charge < -0.3 is 19.5 Å². The van der Waals surface area contributed by atoms with Crippen molar-refractivity contribution < 1.29 is 19.0 Å². The number of rotatable bonds is 4. The normalized spacial score (nSPS) is 19.3. The Bertz CT molecular complexity index is 890. The molecular formula is C23H27NO4. The van der Waals surface area contributed by atoms with E-state index in [1.165, 1.54) is 0 Å². The van der Waals surface area contributed by atoms with Gasteiger partial charge in [-0.2, -0.15) is 0 Å². The van der Waals surface area contributed by atoms with Crippen LogP contribution in [-0.2, 0) is 11.2 Å². The molecule has 148 valence electrons. The summed E-state index contributed by atoms with van der Waals surface area (Å²) in [6.45, 7) is 7.32. The van der Waals surface area contributed by atoms with Crippen LogP contribution in [0.2, 0.25) is 0 Å². The molecule has 2 aromatic carbocycles. The number of hydrogen-bond acceptors (Lipinski definition) is 4. The quantitative estimate of drug-likeness (QED) is 0.866. The van der Waals surface area contributed by atoms with E-state index in [4.69, 9.17) is 14.2 Å². The van der Waals surface area contributed by atoms with Crippen LogP contribution in [0, 0.1) is 6.92 Å². The smallest absolute Gasteiger partial charge is 0.220 e. The summed E-state index contributed by atoms with van der Waals surface area (Å²) in [7, 11) is 0. The number of carbonyl (C=O) groups is 1. The molecule has 2 heterocycles. The summed E-state index contributed by atoms with van der Waals surface area (Å²) < 4.78 is 17.3. The molecular weight excluding hydrogens is 354 g/mol. The third-order valence-electron chi connectivity index (χ3n) is 5.21. The predicted octanol–water partition coefficient (Wildman–Crippen LogP) is 4.12. The fourth-order valence-electron chi connectivity index (χ4n) is 3.87. The summed E-state index contributed by atoms with van der Waals surface area (Å²) in [6.07, 6.45) is 1.84. The molecule has 0 unspecified atom stereocenters. The van der Waals surface area contributed by atoms with E-state index in [-0.39, 0.29) is 17.6 Å². The highest BCUT2D eigenvalue weighted by atomic mass is 16.6. The number of nitrogens with one attached hydrogen (secondary N) is 1. The lowest BCUT2D eigenvalue weighted by molar-refractivity contribution is -0.122. The Labute approximate surface area is 166 Å². The van der Waals surface area contributed by atoms with Crippen molar-refractivity contribution in [2.45, 2.75) is 51.7 Å². The first-order valence-electron chi connectivity index (χ1n) is 9.87. The van der Waals surface area contributed by atoms with E-state index in [9.17, 15) is 4.79 Å². The maximum atomic E-state index is 12.7. The lowest BCUT2D eigenvalue weighted by Crippen LogP contribution is -2.41. The van der Waals surface area contributed by atoms with Crippen LogP contribution in [-0.4, -0.2) is 24.7 Å². The molecule has 2 aliphatic heterocycles. The topological polar surface area (TPSA) is 56.8 Å². The second-order valence-electron chi connectivity index (χ2n) is 8.21. The SMILES string of the molecule is Cc1ccc2c(c1)[C@@H](NC(=O)CCc1ccc3c(c1)OCCO3)CC(C)(C)O2. The number of amides is 1. The summed E-state index contributed by atoms with van der Waals surface area (Å²) in [4.78, 5) is 12.7. The monoisotopic (exact) mass is 381 g/mol. The van der Waals surface area contributed by atoms with Crippen molar-refractivity contribution in [2.75, 3.05) is 13.2 Å². The lowest BCUT2D eigenvalue weighted by atomic mass is 9.89. The minimum atomic E-state index is -0.309. The van der Waals surface area contributed by atoms with Crippen LogP contribution in [0.25, 0.3) is 0 Å². The Balaban J connectivity index is 1.42. The molecule has 5 nitrogen and oxygen atoms in total. The molecule has 0 bridgehead atoms. The Morgan fingerprint density at radius 2 is 1.82 bits per heavy atom. The molecule has 0 spiro atoms. The van der Waals surface area contributed by atoms with Gasteiger partial charge in [0.1, 0.15) is 24.6 Å². The molecule has 0 aliphatic carbocycles. The van der Waals surface area contributed by atoms with Crippen LogP contribution < -0.4 is 19.5 Å². The summed E-state index contributed by atoms with van der Waals surface area (Å²) in [5.74, 6) is 2.44. The third-order valence-corrected chi connectivity index (χ3v) is 5.21. The highest BCUT2D eigenvalue weighted by Crippen LogP contribution is 2.40. The van der Waals surface area contributed by atoms with Crippen LogP contribution in [0.4, 0.5) is 0 Å². The number of hydrogen-bond donors (Lipinski definition) is 1. The van der Waals surface area contributed by atoms with Crippen LogP contribution in [0.1, 0.15) is 49.4 Å². The first-order valence-corrected chi connectivity index (χ1v) is 9.87. The van der Waals surface area contributed by atoms with Crippen molar-refractivity contribution in [3.63, 3.8) is 0 Å². The number of ether oxygens (including phenoxy) is 3. The van der Waals surface area contributed by atoms with Crippen molar-refractivity contribution in [1.29, 1.82) is 0 Å². The van der Waals surface area contributed by atoms with Crippen molar-refractivity contribution in [2.24, 2.45) is 0 Å². The Hall–Kier alpha value is -2.69. The van der Waals surface area contributed by atoms with Crippen LogP contribution in [0.3, 0.4) is 0 Å². The number of aryl methyl sites for hydroxylation is 2. The van der Waals surface area contributed by atoms with Crippen molar-refractivity contribution >= 4 is 5.91 Å². The standard InChI is InChI=1S/C23H27NO4/c1-15-4-7-19-17(12-15)18(14-23(2,3)28-19)24-22(25)9-6-16-5-8-20-21(13-16)27-11-10-26-20/h4-5,7-8,12-13,18H,6,9-11,14H2,1-3H3,(H,24,25)/t18-/m0/s1. The Morgan fingerprint density at radius 3 is 2.64 bits per heavy atom. The van der Waals surface area contributed by atoms with Crippen LogP contribution >= 0.6 is 0 Å². The minimum Gasteiger partial charge on any atom is -0.487 e. The van der Waals surface area contributed by atoms with Gasteiger partial charge in [0.15, 0.2) is 11.5 Å². The molecule has 28 heavy (non-hydrogen) atoms. The molecule has 1 amide bonds. The molecule has 2 aliphatic rings. The highest BCUT2D eigenvalue weighted by Gasteiger charge is 2.34. The van der Waals surface area contributed by atoms with E-state index in [1.54, 1.807) is 0 Å². The van der Waals surface area contributed by atoms with Gasteiger partial charge in [0.05, 0.1) is 6.04 Å². The Kier molecular flexibility index (Phi) is 4.92. The number of carbonyl (C=O) groups excluding carboxylic acids is 1. The van der Waals surface area contributed by atoms with Gasteiger partial charge in [0, 0.05) is 18.4 Å². The van der Waals surface area contributed by atoms with Gasteiger partial charge in [-0.05, 0) is 51.0 Å². The minimum absolute atomic E-state index is 0.0357. The zero-order valence-electron chi connectivity index (χ0n) is 16.7. The molecule has 1 atom stereocenters. The van der Waals surface area contributed by atoms with E-state index < -0.39 is 0 Å². The maximum absolute atomic E-state index is 12.7. The maximum Gasteiger partial charge on any atom is 0.220 e. The van der Waals surface area contributed by atoms with Gasteiger partial charge in [0.25, 0.3) is 0 Å². The molecule has 0 saturated heterocycles. The molecule has 2 aromatic rings. The van der Waals surface area contributed by atoms with Gasteiger partial charge in [0.2, 0.25) is 5.91 Å². The molecule has 0 aromatic heterocycles. The molecule has 5 heteroatoms. The molecule has 0 radical (unpaired) electrons. The van der Waals surface area contributed by atoms with Gasteiger partial charge >= 0.3 is 0 Å². The largest absolute Gasteiger partial charge is 0.487 e. The molecule has 0 saturated carbocycles. The van der Waals surface area contributed by atoms with E-state index in [0.717, 1.165) is 40.4 Å². The first kappa shape index (κ1) is 18.7. The first-order chi connectivity index (χ1) is 13.4. The second kappa shape index (κ2) is 7.38. The highest BCUT2D eigenvalue weighted by molar-refractivity contribution is 5.77. The summed E-state index contributed by atoms with van der Waals surface area (Å²) in [5.41, 5.74) is 2.99. The summed E-state index contributed by atoms with van der Waals surface area (Å²) >= 11 is 0. The summed E-state index contributed by atoms with van der Waals surface area (Å²) in [6, 6.07) is 12.0. The molecule has 0 fully saturated rings. The van der Waals surface area contributed by atoms with E-state index in [1.807, 2.05) is 30.3 Å². The van der Waals surface area contributed by atoms with Gasteiger partial charge in [-0.25, -0.2) is 0 Å². The average molecular weight is 381 g/mol. The zero-order chi connectivity index (χ0) is 19.7. The predicted molar refractivity (Wildman–Crippen MR) is 107 cm³/mol. The van der Waals surface area contributed by atoms with Gasteiger partial charge in [-0.3, -0.25) is 4.79 Å². The second-order valence-corrected chi connectivity index (χ2v) is 8.21. The fourth-order valence-corrected chi connectivity index (χ4v) is 3.87. The van der Waals surface area contributed by atoms with E-state index >= 15 is 0 Å². The zero-order valence-corrected chi connectivity index (χ0v) is 16.7. The van der Waals surface area contributed by atoms with E-state index in [0.29, 0.717) is 26.1 Å². The average Bonchev–Trinajstić information content (AvgIpc) is 2.66. The third kappa shape index (κ3) is 4.08. The number of benzene rings is 2. The van der Waals surface area contributed by atoms with Crippen molar-refractivity contribution in [3.8, 4) is 17.2 Å². The van der Waals surface area contributed by atoms with E-state index in [2.05, 4.69) is 32.2 Å². The Morgan fingerprint density at radius 1 is 1.07 bits per heavy atom. The van der Waals surface area contributed by atoms with Crippen LogP contribution in [0.5, 0.6) is 17.2 Å². The van der Waals surface area contributed by atoms with Crippen LogP contribution in [0.15, 0.2) is 36.4 Å². The molecule has 4 rings (SSSR count). The fraction of sp³-hybridized carbons (Fsp3) is 0.435. The summed E-state index contributed by atoms with van der Waals surface area (Å²) in [5, 5.41) is 3.22. The number of fused-ring (bicyclic) bond motifs is 2.